The molecule has 1 aromatic heterocycles. The molecule has 98 valence electrons. The van der Waals surface area contributed by atoms with Crippen molar-refractivity contribution in [1.82, 2.24) is 10.3 Å². The number of nitrogens with zero attached hydrogens (tertiary/aromatic N) is 1. The highest BCUT2D eigenvalue weighted by atomic mass is 16.5. The molecule has 0 aliphatic carbocycles. The topological polar surface area (TPSA) is 56.5 Å². The molecule has 17 heavy (non-hydrogen) atoms. The molecule has 0 unspecified atom stereocenters. The van der Waals surface area contributed by atoms with Crippen LogP contribution in [0.5, 0.6) is 0 Å². The van der Waals surface area contributed by atoms with Gasteiger partial charge in [0.1, 0.15) is 12.4 Å². The van der Waals surface area contributed by atoms with Crippen LogP contribution in [0.2, 0.25) is 0 Å². The molecule has 0 atom stereocenters. The number of hydrogen-bond acceptors (Lipinski definition) is 5. The van der Waals surface area contributed by atoms with Crippen molar-refractivity contribution in [3.63, 3.8) is 0 Å². The minimum absolute atomic E-state index is 0.208. The number of nitrogens with one attached hydrogen (secondary N) is 1. The van der Waals surface area contributed by atoms with Crippen molar-refractivity contribution < 1.29 is 13.9 Å². The molecule has 1 N–H and O–H groups in total. The Labute approximate surface area is 103 Å². The van der Waals surface area contributed by atoms with E-state index < -0.39 is 0 Å². The van der Waals surface area contributed by atoms with Gasteiger partial charge in [-0.1, -0.05) is 0 Å². The summed E-state index contributed by atoms with van der Waals surface area (Å²) in [5, 5.41) is 3.24. The maximum atomic E-state index is 5.53. The van der Waals surface area contributed by atoms with E-state index in [0.717, 1.165) is 37.8 Å². The normalized spacial score (nSPS) is 11.3. The zero-order valence-electron chi connectivity index (χ0n) is 10.9. The third-order valence-electron chi connectivity index (χ3n) is 2.16. The number of hydrogen-bond donors (Lipinski definition) is 1. The molecule has 5 nitrogen and oxygen atoms in total. The Hall–Kier alpha value is -0.910. The average Bonchev–Trinajstić information content (AvgIpc) is 2.74. The van der Waals surface area contributed by atoms with E-state index in [1.54, 1.807) is 13.3 Å². The van der Waals surface area contributed by atoms with Gasteiger partial charge in [0.2, 0.25) is 0 Å². The Morgan fingerprint density at radius 1 is 1.41 bits per heavy atom. The van der Waals surface area contributed by atoms with Crippen LogP contribution in [0.3, 0.4) is 0 Å². The van der Waals surface area contributed by atoms with Crippen molar-refractivity contribution in [2.24, 2.45) is 0 Å². The summed E-state index contributed by atoms with van der Waals surface area (Å²) in [5.41, 5.74) is 0. The van der Waals surface area contributed by atoms with Crippen LogP contribution >= 0.6 is 0 Å². The standard InChI is InChI=1S/C12H22N2O3/c1-10(2)16-9-11-8-14-12(17-11)4-5-13-6-7-15-3/h8,10,13H,4-7,9H2,1-3H3. The highest BCUT2D eigenvalue weighted by molar-refractivity contribution is 4.93. The number of methoxy groups -OCH3 is 1. The number of rotatable bonds is 9. The molecule has 1 heterocycles. The van der Waals surface area contributed by atoms with Gasteiger partial charge in [0, 0.05) is 26.6 Å². The summed E-state index contributed by atoms with van der Waals surface area (Å²) in [7, 11) is 1.69. The van der Waals surface area contributed by atoms with Gasteiger partial charge in [-0.05, 0) is 13.8 Å². The van der Waals surface area contributed by atoms with Gasteiger partial charge in [0.15, 0.2) is 5.89 Å². The summed E-state index contributed by atoms with van der Waals surface area (Å²) in [6.07, 6.45) is 2.72. The highest BCUT2D eigenvalue weighted by Crippen LogP contribution is 2.06. The lowest BCUT2D eigenvalue weighted by Crippen LogP contribution is -2.21. The van der Waals surface area contributed by atoms with Crippen LogP contribution in [0.25, 0.3) is 0 Å². The largest absolute Gasteiger partial charge is 0.443 e. The van der Waals surface area contributed by atoms with Crippen LogP contribution in [-0.2, 0) is 22.5 Å². The SMILES string of the molecule is COCCNCCc1ncc(COC(C)C)o1. The van der Waals surface area contributed by atoms with Crippen molar-refractivity contribution in [3.05, 3.63) is 17.8 Å². The lowest BCUT2D eigenvalue weighted by atomic mass is 10.4. The van der Waals surface area contributed by atoms with Gasteiger partial charge in [-0.3, -0.25) is 0 Å². The summed E-state index contributed by atoms with van der Waals surface area (Å²) in [4.78, 5) is 4.19. The second-order valence-corrected chi connectivity index (χ2v) is 4.07. The smallest absolute Gasteiger partial charge is 0.195 e. The maximum Gasteiger partial charge on any atom is 0.195 e. The van der Waals surface area contributed by atoms with Crippen LogP contribution in [0.1, 0.15) is 25.5 Å². The van der Waals surface area contributed by atoms with E-state index in [2.05, 4.69) is 10.3 Å². The molecule has 0 amide bonds. The molecule has 0 spiro atoms. The van der Waals surface area contributed by atoms with E-state index >= 15 is 0 Å². The van der Waals surface area contributed by atoms with E-state index in [1.165, 1.54) is 0 Å². The van der Waals surface area contributed by atoms with E-state index in [1.807, 2.05) is 13.8 Å². The lowest BCUT2D eigenvalue weighted by molar-refractivity contribution is 0.0539. The minimum Gasteiger partial charge on any atom is -0.443 e. The number of oxazole rings is 1. The fraction of sp³-hybridized carbons (Fsp3) is 0.750. The second-order valence-electron chi connectivity index (χ2n) is 4.07. The summed E-state index contributed by atoms with van der Waals surface area (Å²) in [6, 6.07) is 0. The predicted molar refractivity (Wildman–Crippen MR) is 64.9 cm³/mol. The van der Waals surface area contributed by atoms with E-state index in [0.29, 0.717) is 6.61 Å². The molecular formula is C12H22N2O3. The van der Waals surface area contributed by atoms with E-state index in [9.17, 15) is 0 Å². The van der Waals surface area contributed by atoms with Crippen molar-refractivity contribution >= 4 is 0 Å². The summed E-state index contributed by atoms with van der Waals surface area (Å²) in [6.45, 7) is 6.89. The molecule has 0 saturated heterocycles. The highest BCUT2D eigenvalue weighted by Gasteiger charge is 2.04. The molecule has 1 aromatic rings. The molecule has 0 aliphatic rings. The van der Waals surface area contributed by atoms with Gasteiger partial charge in [0.25, 0.3) is 0 Å². The molecule has 0 fully saturated rings. The first-order valence-electron chi connectivity index (χ1n) is 5.97. The van der Waals surface area contributed by atoms with Gasteiger partial charge in [0.05, 0.1) is 18.9 Å². The zero-order valence-corrected chi connectivity index (χ0v) is 10.9. The molecule has 0 radical (unpaired) electrons. The number of aromatic nitrogens is 1. The Morgan fingerprint density at radius 2 is 2.24 bits per heavy atom. The molecule has 0 bridgehead atoms. The summed E-state index contributed by atoms with van der Waals surface area (Å²) in [5.74, 6) is 1.53. The van der Waals surface area contributed by atoms with Crippen molar-refractivity contribution in [1.29, 1.82) is 0 Å². The summed E-state index contributed by atoms with van der Waals surface area (Å²) < 4.78 is 15.9. The molecule has 0 aliphatic heterocycles. The van der Waals surface area contributed by atoms with Crippen LogP contribution in [-0.4, -0.2) is 37.9 Å². The second kappa shape index (κ2) is 8.22. The molecule has 5 heteroatoms. The first-order chi connectivity index (χ1) is 8.22. The predicted octanol–water partition coefficient (Wildman–Crippen LogP) is 1.38. The fourth-order valence-corrected chi connectivity index (χ4v) is 1.27. The molecular weight excluding hydrogens is 220 g/mol. The average molecular weight is 242 g/mol. The molecule has 0 aromatic carbocycles. The van der Waals surface area contributed by atoms with Gasteiger partial charge in [-0.25, -0.2) is 4.98 Å². The minimum atomic E-state index is 0.208. The van der Waals surface area contributed by atoms with Crippen LogP contribution in [0.15, 0.2) is 10.6 Å². The van der Waals surface area contributed by atoms with E-state index in [-0.39, 0.29) is 6.10 Å². The monoisotopic (exact) mass is 242 g/mol. The van der Waals surface area contributed by atoms with Crippen molar-refractivity contribution in [2.45, 2.75) is 33.0 Å². The zero-order chi connectivity index (χ0) is 12.5. The van der Waals surface area contributed by atoms with Crippen LogP contribution < -0.4 is 5.32 Å². The van der Waals surface area contributed by atoms with Gasteiger partial charge < -0.3 is 19.2 Å². The third-order valence-corrected chi connectivity index (χ3v) is 2.16. The van der Waals surface area contributed by atoms with E-state index in [4.69, 9.17) is 13.9 Å². The van der Waals surface area contributed by atoms with Gasteiger partial charge in [-0.15, -0.1) is 0 Å². The maximum absolute atomic E-state index is 5.53. The van der Waals surface area contributed by atoms with Gasteiger partial charge >= 0.3 is 0 Å². The van der Waals surface area contributed by atoms with Gasteiger partial charge in [-0.2, -0.15) is 0 Å². The molecule has 0 saturated carbocycles. The Bertz CT molecular complexity index is 300. The third kappa shape index (κ3) is 6.41. The Balaban J connectivity index is 2.17. The Morgan fingerprint density at radius 3 is 2.94 bits per heavy atom. The van der Waals surface area contributed by atoms with Crippen LogP contribution in [0, 0.1) is 0 Å². The first-order valence-corrected chi connectivity index (χ1v) is 5.97. The lowest BCUT2D eigenvalue weighted by Gasteiger charge is -2.04. The molecule has 1 rings (SSSR count). The first kappa shape index (κ1) is 14.2. The van der Waals surface area contributed by atoms with Crippen molar-refractivity contribution in [2.75, 3.05) is 26.8 Å². The quantitative estimate of drug-likeness (QED) is 0.663. The summed E-state index contributed by atoms with van der Waals surface area (Å²) >= 11 is 0. The number of ether oxygens (including phenoxy) is 2. The van der Waals surface area contributed by atoms with Crippen molar-refractivity contribution in [3.8, 4) is 0 Å². The van der Waals surface area contributed by atoms with Crippen LogP contribution in [0.4, 0.5) is 0 Å². The fourth-order valence-electron chi connectivity index (χ4n) is 1.27. The Kier molecular flexibility index (Phi) is 6.84.